The summed E-state index contributed by atoms with van der Waals surface area (Å²) in [4.78, 5) is 29.2. The lowest BCUT2D eigenvalue weighted by Crippen LogP contribution is -2.15. The maximum atomic E-state index is 12.8. The fraction of sp³-hybridized carbons (Fsp3) is 0.130. The highest BCUT2D eigenvalue weighted by Gasteiger charge is 2.14. The zero-order valence-electron chi connectivity index (χ0n) is 16.6. The number of benzene rings is 2. The highest BCUT2D eigenvalue weighted by atomic mass is 16.5. The van der Waals surface area contributed by atoms with Gasteiger partial charge in [-0.05, 0) is 43.7 Å². The van der Waals surface area contributed by atoms with Gasteiger partial charge in [-0.3, -0.25) is 4.79 Å². The molecule has 0 spiro atoms. The fourth-order valence-electron chi connectivity index (χ4n) is 3.15. The van der Waals surface area contributed by atoms with Gasteiger partial charge in [-0.1, -0.05) is 35.9 Å². The molecule has 7 heteroatoms. The first-order valence-corrected chi connectivity index (χ1v) is 9.55. The summed E-state index contributed by atoms with van der Waals surface area (Å²) in [6.07, 6.45) is 3.44. The van der Waals surface area contributed by atoms with E-state index in [1.54, 1.807) is 54.2 Å². The number of ether oxygens (including phenoxy) is 1. The van der Waals surface area contributed by atoms with Crippen LogP contribution in [-0.4, -0.2) is 33.1 Å². The van der Waals surface area contributed by atoms with Gasteiger partial charge in [0.25, 0.3) is 5.91 Å². The van der Waals surface area contributed by atoms with Crippen molar-refractivity contribution < 1.29 is 14.3 Å². The molecule has 0 aliphatic heterocycles. The van der Waals surface area contributed by atoms with Crippen molar-refractivity contribution in [1.82, 2.24) is 14.6 Å². The Morgan fingerprint density at radius 2 is 1.93 bits per heavy atom. The summed E-state index contributed by atoms with van der Waals surface area (Å²) in [6, 6.07) is 16.2. The van der Waals surface area contributed by atoms with Crippen LogP contribution < -0.4 is 5.32 Å². The van der Waals surface area contributed by atoms with Gasteiger partial charge < -0.3 is 10.1 Å². The van der Waals surface area contributed by atoms with Crippen LogP contribution in [-0.2, 0) is 4.74 Å². The second-order valence-electron chi connectivity index (χ2n) is 6.76. The molecule has 0 saturated heterocycles. The van der Waals surface area contributed by atoms with Crippen molar-refractivity contribution in [2.24, 2.45) is 0 Å². The van der Waals surface area contributed by atoms with Crippen LogP contribution in [0.2, 0.25) is 0 Å². The van der Waals surface area contributed by atoms with Gasteiger partial charge in [0, 0.05) is 17.4 Å². The number of aryl methyl sites for hydroxylation is 1. The number of aromatic nitrogens is 3. The summed E-state index contributed by atoms with van der Waals surface area (Å²) in [7, 11) is 0. The van der Waals surface area contributed by atoms with Gasteiger partial charge in [0.15, 0.2) is 5.65 Å². The van der Waals surface area contributed by atoms with Crippen LogP contribution in [0.25, 0.3) is 16.8 Å². The molecule has 4 aromatic rings. The minimum atomic E-state index is -0.435. The number of hydrogen-bond acceptors (Lipinski definition) is 5. The summed E-state index contributed by atoms with van der Waals surface area (Å²) in [5.41, 5.74) is 4.65. The maximum Gasteiger partial charge on any atom is 0.338 e. The van der Waals surface area contributed by atoms with Crippen LogP contribution in [0.5, 0.6) is 0 Å². The molecule has 0 aliphatic rings. The first-order chi connectivity index (χ1) is 14.5. The van der Waals surface area contributed by atoms with Crippen molar-refractivity contribution in [2.45, 2.75) is 13.8 Å². The highest BCUT2D eigenvalue weighted by Crippen LogP contribution is 2.24. The van der Waals surface area contributed by atoms with E-state index >= 15 is 0 Å². The molecule has 2 heterocycles. The molecule has 1 N–H and O–H groups in total. The molecule has 2 aromatic carbocycles. The summed E-state index contributed by atoms with van der Waals surface area (Å²) < 4.78 is 6.64. The van der Waals surface area contributed by atoms with Crippen LogP contribution in [0.1, 0.15) is 33.3 Å². The minimum absolute atomic E-state index is 0.249. The zero-order valence-corrected chi connectivity index (χ0v) is 16.6. The van der Waals surface area contributed by atoms with E-state index in [2.05, 4.69) is 15.4 Å². The van der Waals surface area contributed by atoms with Crippen LogP contribution in [0, 0.1) is 6.92 Å². The van der Waals surface area contributed by atoms with Crippen molar-refractivity contribution in [2.75, 3.05) is 11.9 Å². The molecule has 0 atom stereocenters. The summed E-state index contributed by atoms with van der Waals surface area (Å²) in [6.45, 7) is 4.05. The Morgan fingerprint density at radius 1 is 1.10 bits per heavy atom. The largest absolute Gasteiger partial charge is 0.462 e. The molecule has 0 saturated carbocycles. The first-order valence-electron chi connectivity index (χ1n) is 9.55. The Bertz CT molecular complexity index is 1250. The number of nitrogens with one attached hydrogen (secondary N) is 1. The SMILES string of the molecule is CCOC(=O)c1cccc(NC(=O)c2ccn3ncc(-c4cccc(C)c4)c3n2)c1. The summed E-state index contributed by atoms with van der Waals surface area (Å²) >= 11 is 0. The van der Waals surface area contributed by atoms with E-state index in [4.69, 9.17) is 4.74 Å². The number of hydrogen-bond donors (Lipinski definition) is 1. The van der Waals surface area contributed by atoms with Gasteiger partial charge in [-0.25, -0.2) is 14.3 Å². The number of anilines is 1. The van der Waals surface area contributed by atoms with Gasteiger partial charge in [-0.2, -0.15) is 5.10 Å². The fourth-order valence-corrected chi connectivity index (χ4v) is 3.15. The molecule has 0 aliphatic carbocycles. The smallest absolute Gasteiger partial charge is 0.338 e. The molecule has 1 amide bonds. The van der Waals surface area contributed by atoms with Crippen molar-refractivity contribution in [3.63, 3.8) is 0 Å². The van der Waals surface area contributed by atoms with E-state index < -0.39 is 5.97 Å². The quantitative estimate of drug-likeness (QED) is 0.509. The molecule has 150 valence electrons. The maximum absolute atomic E-state index is 12.8. The van der Waals surface area contributed by atoms with Crippen molar-refractivity contribution in [3.05, 3.63) is 83.8 Å². The number of fused-ring (bicyclic) bond motifs is 1. The van der Waals surface area contributed by atoms with E-state index in [0.29, 0.717) is 16.9 Å². The molecule has 0 radical (unpaired) electrons. The normalized spacial score (nSPS) is 10.7. The minimum Gasteiger partial charge on any atom is -0.462 e. The molecular weight excluding hydrogens is 380 g/mol. The molecule has 0 unspecified atom stereocenters. The number of carbonyl (C=O) groups is 2. The van der Waals surface area contributed by atoms with E-state index in [-0.39, 0.29) is 18.2 Å². The van der Waals surface area contributed by atoms with E-state index in [1.807, 2.05) is 31.2 Å². The van der Waals surface area contributed by atoms with Crippen LogP contribution in [0.15, 0.2) is 67.0 Å². The third-order valence-electron chi connectivity index (χ3n) is 4.56. The predicted octanol–water partition coefficient (Wildman–Crippen LogP) is 4.13. The van der Waals surface area contributed by atoms with E-state index in [0.717, 1.165) is 16.7 Å². The lowest BCUT2D eigenvalue weighted by Gasteiger charge is -2.08. The second-order valence-corrected chi connectivity index (χ2v) is 6.76. The topological polar surface area (TPSA) is 85.6 Å². The second kappa shape index (κ2) is 8.16. The van der Waals surface area contributed by atoms with Gasteiger partial charge >= 0.3 is 5.97 Å². The molecule has 2 aromatic heterocycles. The zero-order chi connectivity index (χ0) is 21.1. The molecule has 0 bridgehead atoms. The van der Waals surface area contributed by atoms with Crippen molar-refractivity contribution in [3.8, 4) is 11.1 Å². The number of rotatable bonds is 5. The lowest BCUT2D eigenvalue weighted by atomic mass is 10.1. The van der Waals surface area contributed by atoms with Gasteiger partial charge in [0.1, 0.15) is 5.69 Å². The number of carbonyl (C=O) groups excluding carboxylic acids is 2. The number of amides is 1. The van der Waals surface area contributed by atoms with Crippen LogP contribution in [0.3, 0.4) is 0 Å². The Morgan fingerprint density at radius 3 is 2.73 bits per heavy atom. The average molecular weight is 400 g/mol. The third kappa shape index (κ3) is 3.91. The highest BCUT2D eigenvalue weighted by molar-refractivity contribution is 6.04. The van der Waals surface area contributed by atoms with Crippen molar-refractivity contribution >= 4 is 23.2 Å². The van der Waals surface area contributed by atoms with Crippen LogP contribution in [0.4, 0.5) is 5.69 Å². The predicted molar refractivity (Wildman–Crippen MR) is 114 cm³/mol. The summed E-state index contributed by atoms with van der Waals surface area (Å²) in [5, 5.41) is 7.11. The number of nitrogens with zero attached hydrogens (tertiary/aromatic N) is 3. The van der Waals surface area contributed by atoms with Gasteiger partial charge in [0.2, 0.25) is 0 Å². The Balaban J connectivity index is 1.62. The Kier molecular flexibility index (Phi) is 5.26. The molecular formula is C23H20N4O3. The standard InChI is InChI=1S/C23H20N4O3/c1-3-30-23(29)17-8-5-9-18(13-17)25-22(28)20-10-11-27-21(26-20)19(14-24-27)16-7-4-6-15(2)12-16/h4-14H,3H2,1-2H3,(H,25,28). The van der Waals surface area contributed by atoms with Gasteiger partial charge in [-0.15, -0.1) is 0 Å². The third-order valence-corrected chi connectivity index (χ3v) is 4.56. The molecule has 4 rings (SSSR count). The summed E-state index contributed by atoms with van der Waals surface area (Å²) in [5.74, 6) is -0.815. The lowest BCUT2D eigenvalue weighted by molar-refractivity contribution is 0.0526. The molecule has 7 nitrogen and oxygen atoms in total. The van der Waals surface area contributed by atoms with Crippen LogP contribution >= 0.6 is 0 Å². The Labute approximate surface area is 173 Å². The number of esters is 1. The molecule has 0 fully saturated rings. The first kappa shape index (κ1) is 19.3. The monoisotopic (exact) mass is 400 g/mol. The van der Waals surface area contributed by atoms with Gasteiger partial charge in [0.05, 0.1) is 18.4 Å². The van der Waals surface area contributed by atoms with E-state index in [1.165, 1.54) is 0 Å². The van der Waals surface area contributed by atoms with E-state index in [9.17, 15) is 9.59 Å². The Hall–Kier alpha value is -4.00. The molecule has 30 heavy (non-hydrogen) atoms. The average Bonchev–Trinajstić information content (AvgIpc) is 3.17. The van der Waals surface area contributed by atoms with Crippen molar-refractivity contribution in [1.29, 1.82) is 0 Å².